The Morgan fingerprint density at radius 1 is 1.50 bits per heavy atom. The van der Waals surface area contributed by atoms with Crippen LogP contribution in [0.3, 0.4) is 0 Å². The predicted octanol–water partition coefficient (Wildman–Crippen LogP) is 2.06. The second-order valence-electron chi connectivity index (χ2n) is 4.00. The molecular weight excluding hydrogens is 205 g/mol. The number of nitrogens with one attached hydrogen (secondary N) is 1. The number of benzene rings is 1. The van der Waals surface area contributed by atoms with Gasteiger partial charge in [0.15, 0.2) is 0 Å². The number of likely N-dealkylation sites (N-methyl/N-ethyl adjacent to an activating group) is 1. The molecule has 3 nitrogen and oxygen atoms in total. The third-order valence-corrected chi connectivity index (χ3v) is 2.57. The highest BCUT2D eigenvalue weighted by Crippen LogP contribution is 2.15. The molecule has 1 aromatic rings. The van der Waals surface area contributed by atoms with Crippen LogP contribution < -0.4 is 5.32 Å². The first-order valence-corrected chi connectivity index (χ1v) is 5.14. The Balaban J connectivity index is 2.65. The third kappa shape index (κ3) is 3.21. The fourth-order valence-corrected chi connectivity index (χ4v) is 1.17. The average molecular weight is 221 g/mol. The van der Waals surface area contributed by atoms with Gasteiger partial charge in [-0.05, 0) is 39.2 Å². The Labute approximate surface area is 95.5 Å². The van der Waals surface area contributed by atoms with Crippen molar-refractivity contribution in [2.75, 3.05) is 26.0 Å². The van der Waals surface area contributed by atoms with E-state index in [4.69, 9.17) is 5.26 Å². The lowest BCUT2D eigenvalue weighted by Crippen LogP contribution is -2.31. The topological polar surface area (TPSA) is 39.1 Å². The first-order valence-electron chi connectivity index (χ1n) is 5.14. The summed E-state index contributed by atoms with van der Waals surface area (Å²) in [6, 6.07) is 6.65. The summed E-state index contributed by atoms with van der Waals surface area (Å²) < 4.78 is 13.5. The number of nitrogens with zero attached hydrogens (tertiary/aromatic N) is 2. The molecule has 0 aliphatic rings. The van der Waals surface area contributed by atoms with Crippen molar-refractivity contribution in [3.8, 4) is 6.07 Å². The van der Waals surface area contributed by atoms with Crippen LogP contribution in [0.5, 0.6) is 0 Å². The Kier molecular flexibility index (Phi) is 4.27. The summed E-state index contributed by atoms with van der Waals surface area (Å²) in [5.41, 5.74) is 0.774. The number of hydrogen-bond acceptors (Lipinski definition) is 3. The van der Waals surface area contributed by atoms with E-state index in [0.717, 1.165) is 0 Å². The molecule has 4 heteroatoms. The Morgan fingerprint density at radius 2 is 2.19 bits per heavy atom. The van der Waals surface area contributed by atoms with Crippen molar-refractivity contribution in [1.82, 2.24) is 4.90 Å². The quantitative estimate of drug-likeness (QED) is 0.845. The molecule has 0 aliphatic heterocycles. The van der Waals surface area contributed by atoms with Crippen LogP contribution in [0, 0.1) is 17.1 Å². The summed E-state index contributed by atoms with van der Waals surface area (Å²) in [6.45, 7) is 2.71. The third-order valence-electron chi connectivity index (χ3n) is 2.57. The van der Waals surface area contributed by atoms with Gasteiger partial charge in [-0.1, -0.05) is 0 Å². The van der Waals surface area contributed by atoms with E-state index >= 15 is 0 Å². The van der Waals surface area contributed by atoms with E-state index < -0.39 is 0 Å². The van der Waals surface area contributed by atoms with Crippen LogP contribution in [0.15, 0.2) is 18.2 Å². The van der Waals surface area contributed by atoms with Crippen molar-refractivity contribution in [2.24, 2.45) is 0 Å². The minimum Gasteiger partial charge on any atom is -0.381 e. The van der Waals surface area contributed by atoms with Gasteiger partial charge in [-0.3, -0.25) is 0 Å². The van der Waals surface area contributed by atoms with Crippen LogP contribution in [0.2, 0.25) is 0 Å². The number of halogens is 1. The monoisotopic (exact) mass is 221 g/mol. The van der Waals surface area contributed by atoms with Gasteiger partial charge >= 0.3 is 0 Å². The summed E-state index contributed by atoms with van der Waals surface area (Å²) in [4.78, 5) is 2.05. The van der Waals surface area contributed by atoms with E-state index in [0.29, 0.717) is 23.8 Å². The summed E-state index contributed by atoms with van der Waals surface area (Å²) in [5.74, 6) is -0.384. The molecule has 0 saturated heterocycles. The minimum absolute atomic E-state index is 0.315. The lowest BCUT2D eigenvalue weighted by Gasteiger charge is -2.20. The van der Waals surface area contributed by atoms with Gasteiger partial charge in [-0.2, -0.15) is 5.26 Å². The van der Waals surface area contributed by atoms with Gasteiger partial charge in [0.1, 0.15) is 5.82 Å². The van der Waals surface area contributed by atoms with Gasteiger partial charge < -0.3 is 10.2 Å². The van der Waals surface area contributed by atoms with Crippen LogP contribution in [0.4, 0.5) is 10.1 Å². The molecular formula is C12H16FN3. The molecule has 1 unspecified atom stereocenters. The molecule has 1 aromatic carbocycles. The molecule has 0 aromatic heterocycles. The summed E-state index contributed by atoms with van der Waals surface area (Å²) in [5, 5.41) is 11.6. The zero-order chi connectivity index (χ0) is 12.1. The van der Waals surface area contributed by atoms with Crippen molar-refractivity contribution in [3.05, 3.63) is 29.6 Å². The fourth-order valence-electron chi connectivity index (χ4n) is 1.17. The Morgan fingerprint density at radius 3 is 2.69 bits per heavy atom. The maximum atomic E-state index is 13.5. The summed E-state index contributed by atoms with van der Waals surface area (Å²) >= 11 is 0. The average Bonchev–Trinajstić information content (AvgIpc) is 2.26. The van der Waals surface area contributed by atoms with Crippen LogP contribution in [0.1, 0.15) is 12.5 Å². The second kappa shape index (κ2) is 5.47. The molecule has 0 heterocycles. The lowest BCUT2D eigenvalue weighted by atomic mass is 10.2. The van der Waals surface area contributed by atoms with Gasteiger partial charge in [0.25, 0.3) is 0 Å². The van der Waals surface area contributed by atoms with Crippen LogP contribution >= 0.6 is 0 Å². The summed E-state index contributed by atoms with van der Waals surface area (Å²) in [6.07, 6.45) is 0. The number of anilines is 1. The zero-order valence-electron chi connectivity index (χ0n) is 9.79. The highest BCUT2D eigenvalue weighted by atomic mass is 19.1. The Bertz CT molecular complexity index is 396. The van der Waals surface area contributed by atoms with Crippen molar-refractivity contribution < 1.29 is 4.39 Å². The summed E-state index contributed by atoms with van der Waals surface area (Å²) in [7, 11) is 3.95. The SMILES string of the molecule is CC(CNc1ccc(C#N)cc1F)N(C)C. The van der Waals surface area contributed by atoms with Crippen molar-refractivity contribution in [3.63, 3.8) is 0 Å². The Hall–Kier alpha value is -1.60. The molecule has 0 saturated carbocycles. The molecule has 0 amide bonds. The minimum atomic E-state index is -0.384. The molecule has 0 fully saturated rings. The molecule has 0 radical (unpaired) electrons. The predicted molar refractivity (Wildman–Crippen MR) is 62.8 cm³/mol. The van der Waals surface area contributed by atoms with Gasteiger partial charge in [0.2, 0.25) is 0 Å². The van der Waals surface area contributed by atoms with Gasteiger partial charge in [-0.15, -0.1) is 0 Å². The second-order valence-corrected chi connectivity index (χ2v) is 4.00. The standard InChI is InChI=1S/C12H16FN3/c1-9(16(2)3)8-15-12-5-4-10(7-14)6-11(12)13/h4-6,9,15H,8H2,1-3H3. The molecule has 0 spiro atoms. The number of hydrogen-bond donors (Lipinski definition) is 1. The van der Waals surface area contributed by atoms with Crippen molar-refractivity contribution >= 4 is 5.69 Å². The van der Waals surface area contributed by atoms with Crippen LogP contribution in [-0.4, -0.2) is 31.6 Å². The van der Waals surface area contributed by atoms with Gasteiger partial charge in [-0.25, -0.2) is 4.39 Å². The van der Waals surface area contributed by atoms with E-state index in [9.17, 15) is 4.39 Å². The van der Waals surface area contributed by atoms with E-state index in [-0.39, 0.29) is 5.82 Å². The molecule has 0 aliphatic carbocycles. The van der Waals surface area contributed by atoms with E-state index in [1.54, 1.807) is 12.1 Å². The highest BCUT2D eigenvalue weighted by Gasteiger charge is 2.07. The van der Waals surface area contributed by atoms with Crippen molar-refractivity contribution in [1.29, 1.82) is 5.26 Å². The van der Waals surface area contributed by atoms with Crippen LogP contribution in [-0.2, 0) is 0 Å². The highest BCUT2D eigenvalue weighted by molar-refractivity contribution is 5.48. The molecule has 1 N–H and O–H groups in total. The largest absolute Gasteiger partial charge is 0.381 e. The smallest absolute Gasteiger partial charge is 0.147 e. The van der Waals surface area contributed by atoms with Gasteiger partial charge in [0, 0.05) is 12.6 Å². The fraction of sp³-hybridized carbons (Fsp3) is 0.417. The van der Waals surface area contributed by atoms with Crippen LogP contribution in [0.25, 0.3) is 0 Å². The normalized spacial score (nSPS) is 12.2. The van der Waals surface area contributed by atoms with E-state index in [1.807, 2.05) is 20.2 Å². The molecule has 0 bridgehead atoms. The molecule has 1 rings (SSSR count). The molecule has 1 atom stereocenters. The maximum absolute atomic E-state index is 13.5. The van der Waals surface area contributed by atoms with Gasteiger partial charge in [0.05, 0.1) is 17.3 Å². The first-order chi connectivity index (χ1) is 7.54. The number of rotatable bonds is 4. The first kappa shape index (κ1) is 12.5. The van der Waals surface area contributed by atoms with E-state index in [2.05, 4.69) is 17.1 Å². The zero-order valence-corrected chi connectivity index (χ0v) is 9.79. The lowest BCUT2D eigenvalue weighted by molar-refractivity contribution is 0.326. The molecule has 16 heavy (non-hydrogen) atoms. The maximum Gasteiger partial charge on any atom is 0.147 e. The van der Waals surface area contributed by atoms with E-state index in [1.165, 1.54) is 6.07 Å². The number of nitriles is 1. The molecule has 86 valence electrons. The van der Waals surface area contributed by atoms with Crippen molar-refractivity contribution in [2.45, 2.75) is 13.0 Å².